The number of Topliss-reactive ketones (excluding diaryl/α,β-unsaturated/α-hetero) is 1. The molecule has 112 valence electrons. The van der Waals surface area contributed by atoms with E-state index in [2.05, 4.69) is 0 Å². The van der Waals surface area contributed by atoms with Crippen LogP contribution in [0.3, 0.4) is 0 Å². The zero-order valence-corrected chi connectivity index (χ0v) is 12.6. The van der Waals surface area contributed by atoms with Crippen LogP contribution in [0.25, 0.3) is 0 Å². The predicted molar refractivity (Wildman–Crippen MR) is 79.2 cm³/mol. The van der Waals surface area contributed by atoms with E-state index in [0.717, 1.165) is 12.8 Å². The summed E-state index contributed by atoms with van der Waals surface area (Å²) >= 11 is 1.41. The van der Waals surface area contributed by atoms with Crippen molar-refractivity contribution in [3.63, 3.8) is 0 Å². The highest BCUT2D eigenvalue weighted by atomic mass is 32.1. The lowest BCUT2D eigenvalue weighted by molar-refractivity contribution is -0.138. The van der Waals surface area contributed by atoms with Crippen molar-refractivity contribution in [3.05, 3.63) is 22.4 Å². The molecule has 2 amide bonds. The predicted octanol–water partition coefficient (Wildman–Crippen LogP) is 1.54. The zero-order valence-electron chi connectivity index (χ0n) is 11.8. The lowest BCUT2D eigenvalue weighted by atomic mass is 10.1. The highest BCUT2D eigenvalue weighted by molar-refractivity contribution is 7.12. The Kier molecular flexibility index (Phi) is 4.05. The van der Waals surface area contributed by atoms with Gasteiger partial charge < -0.3 is 9.80 Å². The van der Waals surface area contributed by atoms with E-state index < -0.39 is 0 Å². The van der Waals surface area contributed by atoms with Crippen molar-refractivity contribution in [1.29, 1.82) is 0 Å². The second kappa shape index (κ2) is 5.97. The smallest absolute Gasteiger partial charge is 0.264 e. The van der Waals surface area contributed by atoms with Crippen LogP contribution in [0.5, 0.6) is 0 Å². The minimum absolute atomic E-state index is 0.00454. The van der Waals surface area contributed by atoms with Gasteiger partial charge in [0.1, 0.15) is 11.8 Å². The molecule has 1 aromatic heterocycles. The maximum Gasteiger partial charge on any atom is 0.264 e. The number of nitrogens with zero attached hydrogens (tertiary/aromatic N) is 2. The molecule has 2 fully saturated rings. The van der Waals surface area contributed by atoms with Gasteiger partial charge in [-0.05, 0) is 24.3 Å². The summed E-state index contributed by atoms with van der Waals surface area (Å²) in [6.07, 6.45) is 2.47. The van der Waals surface area contributed by atoms with Crippen LogP contribution in [0.15, 0.2) is 17.5 Å². The number of carbonyl (C=O) groups excluding carboxylic acids is 3. The van der Waals surface area contributed by atoms with Crippen LogP contribution >= 0.6 is 11.3 Å². The molecule has 3 rings (SSSR count). The van der Waals surface area contributed by atoms with Gasteiger partial charge in [0.05, 0.1) is 4.88 Å². The lowest BCUT2D eigenvalue weighted by Crippen LogP contribution is -2.50. The van der Waals surface area contributed by atoms with Gasteiger partial charge in [-0.15, -0.1) is 11.3 Å². The van der Waals surface area contributed by atoms with Crippen molar-refractivity contribution in [2.24, 2.45) is 0 Å². The van der Waals surface area contributed by atoms with E-state index in [4.69, 9.17) is 0 Å². The number of likely N-dealkylation sites (tertiary alicyclic amines) is 2. The molecule has 0 aliphatic carbocycles. The van der Waals surface area contributed by atoms with Crippen LogP contribution in [0, 0.1) is 0 Å². The van der Waals surface area contributed by atoms with E-state index in [0.29, 0.717) is 37.4 Å². The number of hydrogen-bond donors (Lipinski definition) is 0. The van der Waals surface area contributed by atoms with Gasteiger partial charge in [0.15, 0.2) is 0 Å². The molecular weight excluding hydrogens is 288 g/mol. The number of carbonyl (C=O) groups is 3. The standard InChI is InChI=1S/C15H18N2O3S/c18-11-5-8-16(9-6-11)14(19)12-3-1-7-17(12)15(20)13-4-2-10-21-13/h2,4,10,12H,1,3,5-9H2/t12-/m0/s1. The first-order valence-corrected chi connectivity index (χ1v) is 8.20. The van der Waals surface area contributed by atoms with Gasteiger partial charge in [-0.2, -0.15) is 0 Å². The zero-order chi connectivity index (χ0) is 14.8. The summed E-state index contributed by atoms with van der Waals surface area (Å²) < 4.78 is 0. The summed E-state index contributed by atoms with van der Waals surface area (Å²) in [5.41, 5.74) is 0. The molecule has 2 aliphatic heterocycles. The molecule has 2 saturated heterocycles. The third-order valence-corrected chi connectivity index (χ3v) is 5.02. The average molecular weight is 306 g/mol. The van der Waals surface area contributed by atoms with Crippen LogP contribution in [0.1, 0.15) is 35.4 Å². The van der Waals surface area contributed by atoms with E-state index in [9.17, 15) is 14.4 Å². The second-order valence-electron chi connectivity index (χ2n) is 5.50. The first kappa shape index (κ1) is 14.3. The van der Waals surface area contributed by atoms with Crippen molar-refractivity contribution < 1.29 is 14.4 Å². The van der Waals surface area contributed by atoms with Crippen LogP contribution in [0.4, 0.5) is 0 Å². The summed E-state index contributed by atoms with van der Waals surface area (Å²) in [5, 5.41) is 1.87. The average Bonchev–Trinajstić information content (AvgIpc) is 3.18. The van der Waals surface area contributed by atoms with Crippen molar-refractivity contribution in [2.45, 2.75) is 31.7 Å². The molecule has 1 atom stereocenters. The first-order chi connectivity index (χ1) is 10.2. The first-order valence-electron chi connectivity index (χ1n) is 7.32. The van der Waals surface area contributed by atoms with Gasteiger partial charge >= 0.3 is 0 Å². The SMILES string of the molecule is O=C1CCN(C(=O)[C@@H]2CCCN2C(=O)c2cccs2)CC1. The van der Waals surface area contributed by atoms with Gasteiger partial charge in [0.25, 0.3) is 5.91 Å². The van der Waals surface area contributed by atoms with E-state index in [1.807, 2.05) is 11.4 Å². The van der Waals surface area contributed by atoms with Crippen LogP contribution in [-0.4, -0.2) is 53.1 Å². The van der Waals surface area contributed by atoms with E-state index in [-0.39, 0.29) is 23.6 Å². The molecule has 5 nitrogen and oxygen atoms in total. The van der Waals surface area contributed by atoms with E-state index in [1.54, 1.807) is 15.9 Å². The number of ketones is 1. The van der Waals surface area contributed by atoms with Gasteiger partial charge in [-0.1, -0.05) is 6.07 Å². The number of thiophene rings is 1. The second-order valence-corrected chi connectivity index (χ2v) is 6.45. The summed E-state index contributed by atoms with van der Waals surface area (Å²) in [5.74, 6) is 0.177. The largest absolute Gasteiger partial charge is 0.340 e. The number of rotatable bonds is 2. The van der Waals surface area contributed by atoms with Crippen molar-refractivity contribution in [3.8, 4) is 0 Å². The third-order valence-electron chi connectivity index (χ3n) is 4.16. The molecule has 0 bridgehead atoms. The normalized spacial score (nSPS) is 22.7. The molecule has 3 heterocycles. The minimum atomic E-state index is -0.354. The Bertz CT molecular complexity index is 545. The molecule has 21 heavy (non-hydrogen) atoms. The molecule has 0 saturated carbocycles. The number of hydrogen-bond acceptors (Lipinski definition) is 4. The van der Waals surface area contributed by atoms with Gasteiger partial charge in [-0.3, -0.25) is 14.4 Å². The molecule has 1 aromatic rings. The lowest BCUT2D eigenvalue weighted by Gasteiger charge is -2.32. The molecule has 0 radical (unpaired) electrons. The summed E-state index contributed by atoms with van der Waals surface area (Å²) in [7, 11) is 0. The maximum absolute atomic E-state index is 12.6. The molecule has 0 aromatic carbocycles. The highest BCUT2D eigenvalue weighted by Crippen LogP contribution is 2.24. The van der Waals surface area contributed by atoms with Gasteiger partial charge in [0.2, 0.25) is 5.91 Å². The Balaban J connectivity index is 1.70. The maximum atomic E-state index is 12.6. The molecule has 6 heteroatoms. The summed E-state index contributed by atoms with van der Waals surface area (Å²) in [6.45, 7) is 1.63. The fourth-order valence-corrected chi connectivity index (χ4v) is 3.67. The molecule has 0 spiro atoms. The highest BCUT2D eigenvalue weighted by Gasteiger charge is 2.37. The Hall–Kier alpha value is -1.69. The Morgan fingerprint density at radius 2 is 1.95 bits per heavy atom. The van der Waals surface area contributed by atoms with Crippen LogP contribution in [-0.2, 0) is 9.59 Å². The van der Waals surface area contributed by atoms with Crippen LogP contribution in [0.2, 0.25) is 0 Å². The van der Waals surface area contributed by atoms with E-state index >= 15 is 0 Å². The minimum Gasteiger partial charge on any atom is -0.340 e. The van der Waals surface area contributed by atoms with Crippen molar-refractivity contribution in [2.75, 3.05) is 19.6 Å². The fraction of sp³-hybridized carbons (Fsp3) is 0.533. The Morgan fingerprint density at radius 1 is 1.19 bits per heavy atom. The monoisotopic (exact) mass is 306 g/mol. The van der Waals surface area contributed by atoms with Crippen molar-refractivity contribution >= 4 is 28.9 Å². The molecule has 0 unspecified atom stereocenters. The van der Waals surface area contributed by atoms with Crippen molar-refractivity contribution in [1.82, 2.24) is 9.80 Å². The Morgan fingerprint density at radius 3 is 2.62 bits per heavy atom. The fourth-order valence-electron chi connectivity index (χ4n) is 3.00. The summed E-state index contributed by atoms with van der Waals surface area (Å²) in [4.78, 5) is 40.5. The van der Waals surface area contributed by atoms with Crippen LogP contribution < -0.4 is 0 Å². The van der Waals surface area contributed by atoms with E-state index in [1.165, 1.54) is 11.3 Å². The van der Waals surface area contributed by atoms with Gasteiger partial charge in [0, 0.05) is 32.5 Å². The topological polar surface area (TPSA) is 57.7 Å². The molecular formula is C15H18N2O3S. The summed E-state index contributed by atoms with van der Waals surface area (Å²) in [6, 6.07) is 3.29. The third kappa shape index (κ3) is 2.85. The number of amides is 2. The Labute approximate surface area is 127 Å². The van der Waals surface area contributed by atoms with Gasteiger partial charge in [-0.25, -0.2) is 0 Å². The number of piperidine rings is 1. The quantitative estimate of drug-likeness (QED) is 0.833. The molecule has 2 aliphatic rings. The molecule has 0 N–H and O–H groups in total.